The molecule has 32 heavy (non-hydrogen) atoms. The predicted octanol–water partition coefficient (Wildman–Crippen LogP) is 5.25. The Balaban J connectivity index is 0.000000174. The van der Waals surface area contributed by atoms with E-state index in [0.29, 0.717) is 22.8 Å². The molecule has 0 N–H and O–H groups in total. The van der Waals surface area contributed by atoms with Gasteiger partial charge in [-0.1, -0.05) is 0 Å². The van der Waals surface area contributed by atoms with Crippen LogP contribution in [0.4, 0.5) is 8.78 Å². The van der Waals surface area contributed by atoms with Gasteiger partial charge in [0.05, 0.1) is 18.0 Å². The molecule has 0 radical (unpaired) electrons. The number of nitrogens with zero attached hydrogens (tertiary/aromatic N) is 5. The fourth-order valence-electron chi connectivity index (χ4n) is 3.68. The first-order valence-corrected chi connectivity index (χ1v) is 10.6. The van der Waals surface area contributed by atoms with E-state index >= 15 is 0 Å². The van der Waals surface area contributed by atoms with E-state index in [2.05, 4.69) is 20.1 Å². The quantitative estimate of drug-likeness (QED) is 0.429. The van der Waals surface area contributed by atoms with Crippen LogP contribution >= 0.6 is 0 Å². The lowest BCUT2D eigenvalue weighted by molar-refractivity contribution is 0.0149. The molecule has 1 fully saturated rings. The van der Waals surface area contributed by atoms with Crippen molar-refractivity contribution in [3.8, 4) is 11.3 Å². The maximum Gasteiger partial charge on any atom is 0.163 e. The molecule has 1 aromatic carbocycles. The molecule has 6 nitrogen and oxygen atoms in total. The monoisotopic (exact) mass is 437 g/mol. The lowest BCUT2D eigenvalue weighted by atomic mass is 10.0. The van der Waals surface area contributed by atoms with Crippen molar-refractivity contribution in [1.29, 1.82) is 0 Å². The Hall–Kier alpha value is -3.26. The average molecular weight is 437 g/mol. The smallest absolute Gasteiger partial charge is 0.163 e. The zero-order chi connectivity index (χ0) is 22.7. The number of benzene rings is 1. The Bertz CT molecular complexity index is 1230. The molecule has 1 aliphatic rings. The summed E-state index contributed by atoms with van der Waals surface area (Å²) in [6.07, 6.45) is 9.20. The summed E-state index contributed by atoms with van der Waals surface area (Å²) in [4.78, 5) is 12.6. The molecule has 0 amide bonds. The topological polar surface area (TPSA) is 65.7 Å². The molecule has 3 aromatic heterocycles. The third kappa shape index (κ3) is 4.80. The number of aromatic nitrogens is 5. The third-order valence-electron chi connectivity index (χ3n) is 5.53. The van der Waals surface area contributed by atoms with Gasteiger partial charge in [0.15, 0.2) is 5.65 Å². The van der Waals surface area contributed by atoms with E-state index in [9.17, 15) is 8.78 Å². The van der Waals surface area contributed by atoms with Gasteiger partial charge in [0, 0.05) is 48.1 Å². The second kappa shape index (κ2) is 9.48. The van der Waals surface area contributed by atoms with Gasteiger partial charge in [-0.2, -0.15) is 5.10 Å². The van der Waals surface area contributed by atoms with Crippen molar-refractivity contribution in [2.75, 3.05) is 6.61 Å². The molecule has 4 aromatic rings. The molecule has 8 heteroatoms. The Morgan fingerprint density at radius 1 is 1.09 bits per heavy atom. The number of halogens is 2. The molecule has 0 saturated carbocycles. The van der Waals surface area contributed by atoms with Gasteiger partial charge >= 0.3 is 0 Å². The van der Waals surface area contributed by atoms with Crippen LogP contribution in [0.5, 0.6) is 0 Å². The van der Waals surface area contributed by atoms with Crippen LogP contribution in [0.3, 0.4) is 0 Å². The SMILES string of the molecule is Cc1cc2c(-c3ccc(F)cc3F)ncnc2nc1C.Cn1cc(C2CCCCO2)cn1. The van der Waals surface area contributed by atoms with Crippen LogP contribution in [0.1, 0.15) is 42.2 Å². The van der Waals surface area contributed by atoms with Crippen molar-refractivity contribution in [2.24, 2.45) is 7.05 Å². The molecule has 1 atom stereocenters. The highest BCUT2D eigenvalue weighted by molar-refractivity contribution is 5.90. The van der Waals surface area contributed by atoms with E-state index in [1.165, 1.54) is 36.9 Å². The van der Waals surface area contributed by atoms with Gasteiger partial charge in [0.25, 0.3) is 0 Å². The van der Waals surface area contributed by atoms with Crippen LogP contribution in [0.2, 0.25) is 0 Å². The summed E-state index contributed by atoms with van der Waals surface area (Å²) >= 11 is 0. The Morgan fingerprint density at radius 2 is 1.94 bits per heavy atom. The first-order valence-electron chi connectivity index (χ1n) is 10.6. The van der Waals surface area contributed by atoms with Crippen molar-refractivity contribution in [2.45, 2.75) is 39.2 Å². The van der Waals surface area contributed by atoms with Crippen molar-refractivity contribution in [1.82, 2.24) is 24.7 Å². The van der Waals surface area contributed by atoms with E-state index in [4.69, 9.17) is 4.74 Å². The van der Waals surface area contributed by atoms with Gasteiger partial charge in [0.2, 0.25) is 0 Å². The Labute approximate surface area is 185 Å². The summed E-state index contributed by atoms with van der Waals surface area (Å²) in [5, 5.41) is 4.78. The summed E-state index contributed by atoms with van der Waals surface area (Å²) in [5.74, 6) is -1.27. The maximum absolute atomic E-state index is 13.9. The van der Waals surface area contributed by atoms with Gasteiger partial charge in [-0.15, -0.1) is 0 Å². The summed E-state index contributed by atoms with van der Waals surface area (Å²) < 4.78 is 34.4. The zero-order valence-corrected chi connectivity index (χ0v) is 18.3. The highest BCUT2D eigenvalue weighted by Crippen LogP contribution is 2.28. The van der Waals surface area contributed by atoms with E-state index in [1.807, 2.05) is 44.0 Å². The lowest BCUT2D eigenvalue weighted by Crippen LogP contribution is -2.10. The van der Waals surface area contributed by atoms with E-state index in [-0.39, 0.29) is 5.56 Å². The summed E-state index contributed by atoms with van der Waals surface area (Å²) in [5.41, 5.74) is 4.21. The van der Waals surface area contributed by atoms with E-state index in [0.717, 1.165) is 30.4 Å². The molecule has 4 heterocycles. The molecule has 1 unspecified atom stereocenters. The van der Waals surface area contributed by atoms with Crippen molar-refractivity contribution in [3.63, 3.8) is 0 Å². The second-order valence-corrected chi connectivity index (χ2v) is 7.91. The summed E-state index contributed by atoms with van der Waals surface area (Å²) in [6.45, 7) is 4.70. The Kier molecular flexibility index (Phi) is 6.50. The van der Waals surface area contributed by atoms with Gasteiger partial charge in [-0.3, -0.25) is 4.68 Å². The van der Waals surface area contributed by atoms with Crippen LogP contribution in [0, 0.1) is 25.5 Å². The minimum atomic E-state index is -0.650. The Morgan fingerprint density at radius 3 is 2.62 bits per heavy atom. The van der Waals surface area contributed by atoms with Crippen LogP contribution in [0.25, 0.3) is 22.3 Å². The summed E-state index contributed by atoms with van der Waals surface area (Å²) in [7, 11) is 1.94. The van der Waals surface area contributed by atoms with E-state index < -0.39 is 11.6 Å². The molecule has 1 saturated heterocycles. The van der Waals surface area contributed by atoms with Crippen LogP contribution in [0.15, 0.2) is 43.0 Å². The second-order valence-electron chi connectivity index (χ2n) is 7.91. The number of rotatable bonds is 2. The lowest BCUT2D eigenvalue weighted by Gasteiger charge is -2.21. The third-order valence-corrected chi connectivity index (χ3v) is 5.53. The van der Waals surface area contributed by atoms with Gasteiger partial charge in [-0.05, 0) is 56.9 Å². The van der Waals surface area contributed by atoms with Gasteiger partial charge in [-0.25, -0.2) is 23.7 Å². The summed E-state index contributed by atoms with van der Waals surface area (Å²) in [6, 6.07) is 5.30. The number of fused-ring (bicyclic) bond motifs is 1. The van der Waals surface area contributed by atoms with E-state index in [1.54, 1.807) is 0 Å². The molecular formula is C24H25F2N5O. The maximum atomic E-state index is 13.9. The molecule has 5 rings (SSSR count). The van der Waals surface area contributed by atoms with Crippen LogP contribution in [-0.2, 0) is 11.8 Å². The first kappa shape index (κ1) is 22.0. The molecular weight excluding hydrogens is 412 g/mol. The average Bonchev–Trinajstić information content (AvgIpc) is 3.22. The highest BCUT2D eigenvalue weighted by Gasteiger charge is 2.17. The predicted molar refractivity (Wildman–Crippen MR) is 118 cm³/mol. The number of hydrogen-bond acceptors (Lipinski definition) is 5. The minimum absolute atomic E-state index is 0.240. The zero-order valence-electron chi connectivity index (χ0n) is 18.3. The molecule has 1 aliphatic heterocycles. The van der Waals surface area contributed by atoms with Crippen LogP contribution in [-0.4, -0.2) is 31.3 Å². The molecule has 166 valence electrons. The number of ether oxygens (including phenoxy) is 1. The van der Waals surface area contributed by atoms with Gasteiger partial charge < -0.3 is 4.74 Å². The van der Waals surface area contributed by atoms with Crippen LogP contribution < -0.4 is 0 Å². The van der Waals surface area contributed by atoms with Crippen molar-refractivity contribution >= 4 is 11.0 Å². The highest BCUT2D eigenvalue weighted by atomic mass is 19.1. The normalized spacial score (nSPS) is 16.0. The van der Waals surface area contributed by atoms with Crippen molar-refractivity contribution < 1.29 is 13.5 Å². The van der Waals surface area contributed by atoms with Gasteiger partial charge in [0.1, 0.15) is 18.0 Å². The largest absolute Gasteiger partial charge is 0.373 e. The number of aryl methyl sites for hydroxylation is 3. The fraction of sp³-hybridized carbons (Fsp3) is 0.333. The number of hydrogen-bond donors (Lipinski definition) is 0. The fourth-order valence-corrected chi connectivity index (χ4v) is 3.68. The first-order chi connectivity index (χ1) is 15.4. The standard InChI is InChI=1S/C15H11F2N3.C9H14N2O/c1-8-5-12-14(11-4-3-10(16)6-13(11)17)18-7-19-15(12)20-9(8)2;1-11-7-8(6-10-11)9-4-2-3-5-12-9/h3-7H,1-2H3;6-7,9H,2-5H2,1H3. The number of pyridine rings is 1. The van der Waals surface area contributed by atoms with Crippen molar-refractivity contribution in [3.05, 3.63) is 71.4 Å². The molecule has 0 bridgehead atoms. The molecule has 0 spiro atoms. The molecule has 0 aliphatic carbocycles. The minimum Gasteiger partial charge on any atom is -0.373 e.